The Balaban J connectivity index is 1.74. The molecule has 0 N–H and O–H groups in total. The van der Waals surface area contributed by atoms with Gasteiger partial charge in [-0.3, -0.25) is 14.2 Å². The molecule has 0 radical (unpaired) electrons. The van der Waals surface area contributed by atoms with Crippen molar-refractivity contribution >= 4 is 27.5 Å². The monoisotopic (exact) mass is 320 g/mol. The third kappa shape index (κ3) is 3.21. The van der Waals surface area contributed by atoms with Gasteiger partial charge in [0.25, 0.3) is 5.56 Å². The minimum Gasteiger partial charge on any atom is -0.461 e. The topological polar surface area (TPSA) is 61.2 Å². The molecule has 2 aromatic rings. The number of hydrogen-bond donors (Lipinski definition) is 0. The molecule has 0 atom stereocenters. The number of nitrogens with zero attached hydrogens (tertiary/aromatic N) is 2. The molecule has 0 aliphatic heterocycles. The van der Waals surface area contributed by atoms with E-state index in [0.717, 1.165) is 41.8 Å². The Labute approximate surface area is 132 Å². The standard InChI is InChI=1S/C16H20N2O3S/c1-2-12-8-13-15(22-12)17-10-18(16(13)20)9-14(19)21-11-6-4-3-5-7-11/h8,10-11H,2-7,9H2,1H3. The Kier molecular flexibility index (Phi) is 4.57. The van der Waals surface area contributed by atoms with Crippen LogP contribution in [0.1, 0.15) is 43.9 Å². The average molecular weight is 320 g/mol. The quantitative estimate of drug-likeness (QED) is 0.813. The molecule has 0 unspecified atom stereocenters. The molecule has 0 spiro atoms. The van der Waals surface area contributed by atoms with Crippen LogP contribution in [0, 0.1) is 0 Å². The van der Waals surface area contributed by atoms with Crippen LogP contribution in [0.4, 0.5) is 0 Å². The van der Waals surface area contributed by atoms with Crippen LogP contribution in [0.2, 0.25) is 0 Å². The molecule has 0 saturated heterocycles. The predicted molar refractivity (Wildman–Crippen MR) is 86.2 cm³/mol. The van der Waals surface area contributed by atoms with Crippen molar-refractivity contribution in [3.05, 3.63) is 27.6 Å². The van der Waals surface area contributed by atoms with Gasteiger partial charge in [-0.25, -0.2) is 4.98 Å². The van der Waals surface area contributed by atoms with E-state index in [-0.39, 0.29) is 24.2 Å². The van der Waals surface area contributed by atoms with Crippen molar-refractivity contribution in [3.63, 3.8) is 0 Å². The normalized spacial score (nSPS) is 16.0. The van der Waals surface area contributed by atoms with Crippen molar-refractivity contribution in [2.24, 2.45) is 0 Å². The average Bonchev–Trinajstić information content (AvgIpc) is 2.95. The van der Waals surface area contributed by atoms with Crippen molar-refractivity contribution < 1.29 is 9.53 Å². The summed E-state index contributed by atoms with van der Waals surface area (Å²) < 4.78 is 6.81. The fourth-order valence-corrected chi connectivity index (χ4v) is 3.77. The first-order valence-electron chi connectivity index (χ1n) is 7.84. The minimum absolute atomic E-state index is 0.0153. The molecule has 1 aliphatic rings. The summed E-state index contributed by atoms with van der Waals surface area (Å²) >= 11 is 1.53. The minimum atomic E-state index is -0.346. The van der Waals surface area contributed by atoms with Crippen LogP contribution >= 0.6 is 11.3 Å². The first kappa shape index (κ1) is 15.2. The van der Waals surface area contributed by atoms with Gasteiger partial charge in [0.15, 0.2) is 0 Å². The lowest BCUT2D eigenvalue weighted by Gasteiger charge is -2.21. The zero-order valence-electron chi connectivity index (χ0n) is 12.7. The highest BCUT2D eigenvalue weighted by molar-refractivity contribution is 7.18. The fraction of sp³-hybridized carbons (Fsp3) is 0.562. The number of aromatic nitrogens is 2. The van der Waals surface area contributed by atoms with E-state index in [9.17, 15) is 9.59 Å². The first-order valence-corrected chi connectivity index (χ1v) is 8.66. The maximum absolute atomic E-state index is 12.4. The number of carbonyl (C=O) groups excluding carboxylic acids is 1. The molecule has 2 heterocycles. The van der Waals surface area contributed by atoms with Crippen molar-refractivity contribution in [2.75, 3.05) is 0 Å². The third-order valence-corrected chi connectivity index (χ3v) is 5.25. The van der Waals surface area contributed by atoms with Gasteiger partial charge in [-0.2, -0.15) is 0 Å². The highest BCUT2D eigenvalue weighted by Crippen LogP contribution is 2.22. The zero-order valence-corrected chi connectivity index (χ0v) is 13.5. The van der Waals surface area contributed by atoms with E-state index < -0.39 is 0 Å². The molecule has 118 valence electrons. The van der Waals surface area contributed by atoms with E-state index in [4.69, 9.17) is 4.74 Å². The second kappa shape index (κ2) is 6.60. The molecule has 0 amide bonds. The largest absolute Gasteiger partial charge is 0.461 e. The fourth-order valence-electron chi connectivity index (χ4n) is 2.84. The van der Waals surface area contributed by atoms with Crippen LogP contribution in [0.25, 0.3) is 10.2 Å². The Morgan fingerprint density at radius 1 is 1.41 bits per heavy atom. The van der Waals surface area contributed by atoms with Crippen LogP contribution in [-0.4, -0.2) is 21.6 Å². The molecule has 6 heteroatoms. The van der Waals surface area contributed by atoms with E-state index in [0.29, 0.717) is 5.39 Å². The molecule has 0 aromatic carbocycles. The highest BCUT2D eigenvalue weighted by atomic mass is 32.1. The number of rotatable bonds is 4. The van der Waals surface area contributed by atoms with Gasteiger partial charge in [-0.15, -0.1) is 11.3 Å². The van der Waals surface area contributed by atoms with E-state index >= 15 is 0 Å². The Morgan fingerprint density at radius 3 is 2.91 bits per heavy atom. The summed E-state index contributed by atoms with van der Waals surface area (Å²) in [5.74, 6) is -0.346. The first-order chi connectivity index (χ1) is 10.7. The maximum atomic E-state index is 12.4. The summed E-state index contributed by atoms with van der Waals surface area (Å²) in [7, 11) is 0. The molecule has 22 heavy (non-hydrogen) atoms. The van der Waals surface area contributed by atoms with Crippen LogP contribution in [-0.2, 0) is 22.5 Å². The Hall–Kier alpha value is -1.69. The number of aryl methyl sites for hydroxylation is 1. The van der Waals surface area contributed by atoms with Gasteiger partial charge in [0.1, 0.15) is 17.5 Å². The van der Waals surface area contributed by atoms with Gasteiger partial charge in [0.2, 0.25) is 0 Å². The summed E-state index contributed by atoms with van der Waals surface area (Å²) in [4.78, 5) is 30.6. The number of hydrogen-bond acceptors (Lipinski definition) is 5. The summed E-state index contributed by atoms with van der Waals surface area (Å²) in [6, 6.07) is 1.87. The summed E-state index contributed by atoms with van der Waals surface area (Å²) in [5, 5.41) is 0.592. The van der Waals surface area contributed by atoms with Gasteiger partial charge >= 0.3 is 5.97 Å². The summed E-state index contributed by atoms with van der Waals surface area (Å²) in [6.45, 7) is 1.99. The molecule has 1 saturated carbocycles. The molecular formula is C16H20N2O3S. The van der Waals surface area contributed by atoms with Gasteiger partial charge in [-0.05, 0) is 38.2 Å². The number of ether oxygens (including phenoxy) is 1. The number of esters is 1. The molecule has 0 bridgehead atoms. The SMILES string of the molecule is CCc1cc2c(=O)n(CC(=O)OC3CCCCC3)cnc2s1. The molecule has 1 fully saturated rings. The van der Waals surface area contributed by atoms with Crippen molar-refractivity contribution in [1.29, 1.82) is 0 Å². The van der Waals surface area contributed by atoms with Crippen LogP contribution in [0.5, 0.6) is 0 Å². The zero-order chi connectivity index (χ0) is 15.5. The second-order valence-electron chi connectivity index (χ2n) is 5.71. The molecule has 5 nitrogen and oxygen atoms in total. The van der Waals surface area contributed by atoms with Gasteiger partial charge in [0, 0.05) is 4.88 Å². The van der Waals surface area contributed by atoms with Crippen LogP contribution < -0.4 is 5.56 Å². The van der Waals surface area contributed by atoms with E-state index in [1.165, 1.54) is 28.7 Å². The van der Waals surface area contributed by atoms with Gasteiger partial charge in [0.05, 0.1) is 11.7 Å². The molecular weight excluding hydrogens is 300 g/mol. The van der Waals surface area contributed by atoms with Crippen LogP contribution in [0.15, 0.2) is 17.2 Å². The lowest BCUT2D eigenvalue weighted by molar-refractivity contribution is -0.151. The summed E-state index contributed by atoms with van der Waals surface area (Å²) in [5.41, 5.74) is -0.165. The lowest BCUT2D eigenvalue weighted by Crippen LogP contribution is -2.28. The second-order valence-corrected chi connectivity index (χ2v) is 6.83. The van der Waals surface area contributed by atoms with Crippen molar-refractivity contribution in [3.8, 4) is 0 Å². The lowest BCUT2D eigenvalue weighted by atomic mass is 9.98. The predicted octanol–water partition coefficient (Wildman–Crippen LogP) is 2.90. The van der Waals surface area contributed by atoms with Crippen LogP contribution in [0.3, 0.4) is 0 Å². The molecule has 2 aromatic heterocycles. The van der Waals surface area contributed by atoms with Gasteiger partial charge in [-0.1, -0.05) is 13.3 Å². The number of carbonyl (C=O) groups is 1. The van der Waals surface area contributed by atoms with E-state index in [1.807, 2.05) is 13.0 Å². The maximum Gasteiger partial charge on any atom is 0.326 e. The number of fused-ring (bicyclic) bond motifs is 1. The highest BCUT2D eigenvalue weighted by Gasteiger charge is 2.18. The molecule has 3 rings (SSSR count). The molecule has 1 aliphatic carbocycles. The van der Waals surface area contributed by atoms with Crippen molar-refractivity contribution in [1.82, 2.24) is 9.55 Å². The van der Waals surface area contributed by atoms with Gasteiger partial charge < -0.3 is 4.74 Å². The van der Waals surface area contributed by atoms with E-state index in [1.54, 1.807) is 0 Å². The smallest absolute Gasteiger partial charge is 0.326 e. The van der Waals surface area contributed by atoms with Crippen molar-refractivity contribution in [2.45, 2.75) is 58.1 Å². The third-order valence-electron chi connectivity index (χ3n) is 4.07. The van der Waals surface area contributed by atoms with E-state index in [2.05, 4.69) is 4.98 Å². The number of thiophene rings is 1. The Bertz CT molecular complexity index is 729. The summed E-state index contributed by atoms with van der Waals surface area (Å²) in [6.07, 6.45) is 7.64. The Morgan fingerprint density at radius 2 is 2.18 bits per heavy atom.